The Kier molecular flexibility index (Phi) is 5.61. The third-order valence-corrected chi connectivity index (χ3v) is 6.73. The minimum absolute atomic E-state index is 0.0620. The molecule has 1 atom stereocenters. The Balaban J connectivity index is 2.51. The van der Waals surface area contributed by atoms with E-state index >= 15 is 0 Å². The largest absolute Gasteiger partial charge is 0.507 e. The molecule has 0 aliphatic rings. The molecule has 1 unspecified atom stereocenters. The van der Waals surface area contributed by atoms with Crippen molar-refractivity contribution in [3.05, 3.63) is 59.2 Å². The van der Waals surface area contributed by atoms with E-state index in [1.54, 1.807) is 0 Å². The van der Waals surface area contributed by atoms with Crippen LogP contribution in [0.15, 0.2) is 42.5 Å². The number of benzene rings is 2. The SMILES string of the molecule is CCC(CC)(Pc1ccccc1CO)c1cccc(C)c1O. The molecule has 0 aromatic heterocycles. The fourth-order valence-corrected chi connectivity index (χ4v) is 4.67. The molecule has 0 spiro atoms. The van der Waals surface area contributed by atoms with Crippen LogP contribution in [0.1, 0.15) is 43.4 Å². The molecule has 0 aliphatic heterocycles. The lowest BCUT2D eigenvalue weighted by atomic mass is 9.90. The van der Waals surface area contributed by atoms with E-state index in [2.05, 4.69) is 19.9 Å². The van der Waals surface area contributed by atoms with Crippen molar-refractivity contribution in [2.24, 2.45) is 0 Å². The predicted molar refractivity (Wildman–Crippen MR) is 95.4 cm³/mol. The van der Waals surface area contributed by atoms with E-state index in [0.717, 1.165) is 29.5 Å². The second-order valence-electron chi connectivity index (χ2n) is 5.70. The van der Waals surface area contributed by atoms with Crippen LogP contribution in [-0.2, 0) is 11.8 Å². The highest BCUT2D eigenvalue weighted by Gasteiger charge is 2.32. The van der Waals surface area contributed by atoms with Gasteiger partial charge in [-0.15, -0.1) is 0 Å². The number of aliphatic hydroxyl groups is 1. The summed E-state index contributed by atoms with van der Waals surface area (Å²) >= 11 is 0. The molecule has 2 aromatic rings. The van der Waals surface area contributed by atoms with Gasteiger partial charge in [0.05, 0.1) is 6.61 Å². The molecule has 0 heterocycles. The Morgan fingerprint density at radius 1 is 1.00 bits per heavy atom. The van der Waals surface area contributed by atoms with E-state index in [0.29, 0.717) is 14.3 Å². The first-order valence-electron chi connectivity index (χ1n) is 7.84. The highest BCUT2D eigenvalue weighted by atomic mass is 31.1. The molecule has 118 valence electrons. The third-order valence-electron chi connectivity index (χ3n) is 4.52. The number of aromatic hydroxyl groups is 1. The van der Waals surface area contributed by atoms with Crippen LogP contribution in [0, 0.1) is 6.92 Å². The van der Waals surface area contributed by atoms with Gasteiger partial charge in [-0.3, -0.25) is 0 Å². The maximum Gasteiger partial charge on any atom is 0.122 e. The van der Waals surface area contributed by atoms with Gasteiger partial charge in [0.1, 0.15) is 5.75 Å². The molecule has 2 rings (SSSR count). The van der Waals surface area contributed by atoms with Crippen molar-refractivity contribution in [2.75, 3.05) is 0 Å². The Morgan fingerprint density at radius 2 is 1.68 bits per heavy atom. The van der Waals surface area contributed by atoms with Crippen molar-refractivity contribution in [1.82, 2.24) is 0 Å². The topological polar surface area (TPSA) is 40.5 Å². The number of hydrogen-bond acceptors (Lipinski definition) is 2. The fraction of sp³-hybridized carbons (Fsp3) is 0.368. The summed E-state index contributed by atoms with van der Waals surface area (Å²) in [6, 6.07) is 14.1. The van der Waals surface area contributed by atoms with Gasteiger partial charge < -0.3 is 10.2 Å². The molecule has 0 bridgehead atoms. The van der Waals surface area contributed by atoms with Gasteiger partial charge >= 0.3 is 0 Å². The zero-order valence-corrected chi connectivity index (χ0v) is 14.6. The number of aryl methyl sites for hydroxylation is 1. The summed E-state index contributed by atoms with van der Waals surface area (Å²) in [5.41, 5.74) is 2.94. The van der Waals surface area contributed by atoms with Gasteiger partial charge in [0.2, 0.25) is 0 Å². The normalized spacial score (nSPS) is 12.2. The van der Waals surface area contributed by atoms with Crippen molar-refractivity contribution < 1.29 is 10.2 Å². The minimum Gasteiger partial charge on any atom is -0.507 e. The van der Waals surface area contributed by atoms with Gasteiger partial charge in [-0.25, -0.2) is 0 Å². The van der Waals surface area contributed by atoms with Gasteiger partial charge in [-0.1, -0.05) is 64.9 Å². The maximum atomic E-state index is 10.6. The molecule has 22 heavy (non-hydrogen) atoms. The molecular formula is C19H25O2P. The Morgan fingerprint density at radius 3 is 2.32 bits per heavy atom. The molecule has 3 heteroatoms. The first-order valence-corrected chi connectivity index (χ1v) is 8.84. The Hall–Kier alpha value is -1.37. The van der Waals surface area contributed by atoms with E-state index in [1.807, 2.05) is 43.3 Å². The van der Waals surface area contributed by atoms with Crippen LogP contribution in [0.2, 0.25) is 0 Å². The Labute approximate surface area is 135 Å². The van der Waals surface area contributed by atoms with Crippen molar-refractivity contribution in [1.29, 1.82) is 0 Å². The number of aliphatic hydroxyl groups excluding tert-OH is 1. The summed E-state index contributed by atoms with van der Waals surface area (Å²) in [5, 5.41) is 21.2. The lowest BCUT2D eigenvalue weighted by Gasteiger charge is -2.34. The van der Waals surface area contributed by atoms with Crippen LogP contribution < -0.4 is 5.30 Å². The standard InChI is InChI=1S/C19H25O2P/c1-4-19(5-2,16-11-8-9-14(3)18(16)21)22-17-12-7-6-10-15(17)13-20/h6-12,20-22H,4-5,13H2,1-3H3. The molecule has 0 saturated carbocycles. The quantitative estimate of drug-likeness (QED) is 0.784. The average Bonchev–Trinajstić information content (AvgIpc) is 2.56. The van der Waals surface area contributed by atoms with E-state index < -0.39 is 0 Å². The van der Waals surface area contributed by atoms with Gasteiger partial charge in [0, 0.05) is 10.7 Å². The smallest absolute Gasteiger partial charge is 0.122 e. The molecular weight excluding hydrogens is 291 g/mol. The fourth-order valence-electron chi connectivity index (χ4n) is 2.96. The van der Waals surface area contributed by atoms with Gasteiger partial charge in [-0.2, -0.15) is 0 Å². The number of hydrogen-bond donors (Lipinski definition) is 2. The Bertz CT molecular complexity index is 633. The summed E-state index contributed by atoms with van der Waals surface area (Å²) in [5.74, 6) is 0.417. The van der Waals surface area contributed by atoms with Gasteiger partial charge in [-0.05, 0) is 36.2 Å². The molecule has 0 radical (unpaired) electrons. The lowest BCUT2D eigenvalue weighted by molar-refractivity contribution is 0.283. The van der Waals surface area contributed by atoms with Crippen molar-refractivity contribution in [2.45, 2.75) is 45.4 Å². The van der Waals surface area contributed by atoms with E-state index in [4.69, 9.17) is 0 Å². The monoisotopic (exact) mass is 316 g/mol. The summed E-state index contributed by atoms with van der Waals surface area (Å²) in [6.07, 6.45) is 1.91. The molecule has 0 saturated heterocycles. The lowest BCUT2D eigenvalue weighted by Crippen LogP contribution is -2.23. The molecule has 2 aromatic carbocycles. The van der Waals surface area contributed by atoms with Crippen LogP contribution in [0.4, 0.5) is 0 Å². The van der Waals surface area contributed by atoms with Gasteiger partial charge in [0.25, 0.3) is 0 Å². The summed E-state index contributed by atoms with van der Waals surface area (Å²) in [7, 11) is 0.522. The molecule has 2 N–H and O–H groups in total. The summed E-state index contributed by atoms with van der Waals surface area (Å²) in [4.78, 5) is 0. The van der Waals surface area contributed by atoms with Crippen LogP contribution in [0.5, 0.6) is 5.75 Å². The molecule has 0 fully saturated rings. The van der Waals surface area contributed by atoms with Crippen molar-refractivity contribution in [3.8, 4) is 5.75 Å². The highest BCUT2D eigenvalue weighted by Crippen LogP contribution is 2.50. The van der Waals surface area contributed by atoms with Crippen molar-refractivity contribution >= 4 is 13.9 Å². The molecule has 2 nitrogen and oxygen atoms in total. The second-order valence-corrected chi connectivity index (χ2v) is 7.45. The zero-order chi connectivity index (χ0) is 16.2. The number of para-hydroxylation sites is 1. The van der Waals surface area contributed by atoms with Crippen molar-refractivity contribution in [3.63, 3.8) is 0 Å². The minimum atomic E-state index is -0.0820. The van der Waals surface area contributed by atoms with Crippen LogP contribution >= 0.6 is 8.58 Å². The predicted octanol–water partition coefficient (Wildman–Crippen LogP) is 4.21. The number of phenolic OH excluding ortho intramolecular Hbond substituents is 1. The second kappa shape index (κ2) is 7.26. The third kappa shape index (κ3) is 3.19. The van der Waals surface area contributed by atoms with Crippen LogP contribution in [-0.4, -0.2) is 10.2 Å². The zero-order valence-electron chi connectivity index (χ0n) is 13.6. The summed E-state index contributed by atoms with van der Waals surface area (Å²) in [6.45, 7) is 6.37. The maximum absolute atomic E-state index is 10.6. The van der Waals surface area contributed by atoms with E-state index in [-0.39, 0.29) is 11.8 Å². The van der Waals surface area contributed by atoms with Crippen LogP contribution in [0.25, 0.3) is 0 Å². The van der Waals surface area contributed by atoms with Gasteiger partial charge in [0.15, 0.2) is 0 Å². The molecule has 0 aliphatic carbocycles. The number of rotatable bonds is 6. The number of phenols is 1. The van der Waals surface area contributed by atoms with E-state index in [1.165, 1.54) is 5.30 Å². The van der Waals surface area contributed by atoms with Crippen LogP contribution in [0.3, 0.4) is 0 Å². The first kappa shape index (κ1) is 17.0. The van der Waals surface area contributed by atoms with E-state index in [9.17, 15) is 10.2 Å². The summed E-state index contributed by atoms with van der Waals surface area (Å²) < 4.78 is 0. The molecule has 0 amide bonds. The highest BCUT2D eigenvalue weighted by molar-refractivity contribution is 7.48. The first-order chi connectivity index (χ1) is 10.6. The average molecular weight is 316 g/mol.